The Morgan fingerprint density at radius 2 is 0.794 bits per heavy atom. The SMILES string of the molecule is [2H]c1c([2H])c([2H])c(-c2nc(-c3c([2H])c([2H])c([Si](c4ccccc4)(c4ccccc4)c4c([2H])c([2H])c([2H])c([2H])c4[2H])c([2H])c3[2H])nc(-n3c4ccccc4c4cccc(-n5c6ccccc6c6ccccc65)c43)n2)c([2H])c1[2H]. The van der Waals surface area contributed by atoms with Crippen molar-refractivity contribution in [1.29, 1.82) is 0 Å². The summed E-state index contributed by atoms with van der Waals surface area (Å²) in [6.07, 6.45) is 0. The first kappa shape index (κ1) is 24.9. The van der Waals surface area contributed by atoms with Crippen LogP contribution in [0.4, 0.5) is 0 Å². The number of benzene rings is 9. The van der Waals surface area contributed by atoms with Crippen LogP contribution in [-0.2, 0) is 0 Å². The van der Waals surface area contributed by atoms with Crippen LogP contribution in [0.2, 0.25) is 0 Å². The fourth-order valence-electron chi connectivity index (χ4n) is 8.92. The number of hydrogen-bond donors (Lipinski definition) is 0. The topological polar surface area (TPSA) is 48.5 Å². The molecule has 0 unspecified atom stereocenters. The van der Waals surface area contributed by atoms with Gasteiger partial charge in [0.2, 0.25) is 5.95 Å². The van der Waals surface area contributed by atoms with Crippen molar-refractivity contribution in [2.75, 3.05) is 0 Å². The number of para-hydroxylation sites is 4. The third-order valence-electron chi connectivity index (χ3n) is 11.6. The van der Waals surface area contributed by atoms with Crippen LogP contribution in [0.15, 0.2) is 236 Å². The summed E-state index contributed by atoms with van der Waals surface area (Å²) < 4.78 is 133. The van der Waals surface area contributed by atoms with Crippen molar-refractivity contribution in [1.82, 2.24) is 24.1 Å². The summed E-state index contributed by atoms with van der Waals surface area (Å²) in [6.45, 7) is 0. The second kappa shape index (κ2) is 15.1. The Labute approximate surface area is 385 Å². The van der Waals surface area contributed by atoms with Gasteiger partial charge in [0.1, 0.15) is 0 Å². The Morgan fingerprint density at radius 3 is 1.37 bits per heavy atom. The van der Waals surface area contributed by atoms with E-state index in [0.717, 1.165) is 32.6 Å². The molecule has 0 N–H and O–H groups in total. The smallest absolute Gasteiger partial charge is 0.238 e. The molecule has 0 saturated heterocycles. The van der Waals surface area contributed by atoms with Gasteiger partial charge in [0.25, 0.3) is 0 Å². The van der Waals surface area contributed by atoms with Crippen molar-refractivity contribution >= 4 is 72.4 Å². The Morgan fingerprint density at radius 1 is 0.349 bits per heavy atom. The Bertz CT molecular complexity index is 4290. The van der Waals surface area contributed by atoms with Crippen molar-refractivity contribution in [3.05, 3.63) is 236 Å². The van der Waals surface area contributed by atoms with E-state index >= 15 is 0 Å². The Hall–Kier alpha value is -8.19. The van der Waals surface area contributed by atoms with Crippen LogP contribution >= 0.6 is 0 Å². The standard InChI is InChI=1S/C57H39N5Si/c1-5-20-40(21-6-1)55-58-56(41-36-38-45(39-37-41)63(42-22-7-2-8-23-42,43-24-9-3-10-25-43)44-26-11-4-12-27-44)60-57(59-55)62-52-34-18-15-30-48(52)49-31-19-35-53(54(49)62)61-50-32-16-13-28-46(50)47-29-14-17-33-51(47)61/h1-39H/i1D,2D,5D,6D,7D,8D,20D,21D,22D,23D,36D,37D,38D,39D. The maximum Gasteiger partial charge on any atom is 0.238 e. The summed E-state index contributed by atoms with van der Waals surface area (Å²) in [6, 6.07) is 37.6. The zero-order chi connectivity index (χ0) is 53.9. The minimum atomic E-state index is -4.52. The molecule has 6 heteroatoms. The molecule has 3 aromatic heterocycles. The molecule has 12 rings (SSSR count). The molecule has 0 aliphatic carbocycles. The number of aromatic nitrogens is 5. The minimum Gasteiger partial charge on any atom is -0.307 e. The lowest BCUT2D eigenvalue weighted by atomic mass is 10.1. The summed E-state index contributed by atoms with van der Waals surface area (Å²) >= 11 is 0. The lowest BCUT2D eigenvalue weighted by Crippen LogP contribution is -2.74. The van der Waals surface area contributed by atoms with Crippen LogP contribution < -0.4 is 20.7 Å². The summed E-state index contributed by atoms with van der Waals surface area (Å²) in [5.41, 5.74) is 2.84. The van der Waals surface area contributed by atoms with E-state index < -0.39 is 115 Å². The van der Waals surface area contributed by atoms with Crippen LogP contribution in [0.25, 0.3) is 78.0 Å². The molecule has 9 aromatic carbocycles. The molecule has 0 atom stereocenters. The van der Waals surface area contributed by atoms with E-state index in [1.54, 1.807) is 65.2 Å². The zero-order valence-corrected chi connectivity index (χ0v) is 34.2. The van der Waals surface area contributed by atoms with Crippen molar-refractivity contribution in [3.8, 4) is 34.4 Å². The molecule has 0 bridgehead atoms. The molecule has 5 nitrogen and oxygen atoms in total. The lowest BCUT2D eigenvalue weighted by Gasteiger charge is -2.34. The molecule has 0 fully saturated rings. The molecule has 0 amide bonds. The van der Waals surface area contributed by atoms with E-state index in [-0.39, 0.29) is 16.3 Å². The van der Waals surface area contributed by atoms with Crippen LogP contribution in [0.3, 0.4) is 0 Å². The van der Waals surface area contributed by atoms with Crippen molar-refractivity contribution < 1.29 is 19.2 Å². The molecule has 0 aliphatic heterocycles. The number of rotatable bonds is 8. The lowest BCUT2D eigenvalue weighted by molar-refractivity contribution is 0.950. The van der Waals surface area contributed by atoms with Crippen molar-refractivity contribution in [2.45, 2.75) is 0 Å². The van der Waals surface area contributed by atoms with Crippen LogP contribution in [0.5, 0.6) is 0 Å². The molecule has 3 heterocycles. The Balaban J connectivity index is 1.22. The molecular formula is C57H39N5Si. The summed E-state index contributed by atoms with van der Waals surface area (Å²) in [5.74, 6) is -0.997. The van der Waals surface area contributed by atoms with Gasteiger partial charge in [-0.25, -0.2) is 4.98 Å². The predicted octanol–water partition coefficient (Wildman–Crippen LogP) is 10.8. The van der Waals surface area contributed by atoms with Gasteiger partial charge in [-0.1, -0.05) is 212 Å². The molecular weight excluding hydrogens is 783 g/mol. The van der Waals surface area contributed by atoms with E-state index in [2.05, 4.69) is 4.57 Å². The fraction of sp³-hybridized carbons (Fsp3) is 0. The second-order valence-electron chi connectivity index (χ2n) is 14.9. The summed E-state index contributed by atoms with van der Waals surface area (Å²) in [7, 11) is -4.52. The minimum absolute atomic E-state index is 0.145. The van der Waals surface area contributed by atoms with Gasteiger partial charge >= 0.3 is 0 Å². The van der Waals surface area contributed by atoms with Crippen LogP contribution in [-0.4, -0.2) is 32.2 Å². The highest BCUT2D eigenvalue weighted by Crippen LogP contribution is 2.39. The maximum atomic E-state index is 10.1. The molecule has 0 saturated carbocycles. The molecule has 0 spiro atoms. The fourth-order valence-corrected chi connectivity index (χ4v) is 13.0. The van der Waals surface area contributed by atoms with Gasteiger partial charge in [-0.2, -0.15) is 9.97 Å². The second-order valence-corrected chi connectivity index (χ2v) is 18.6. The first-order valence-electron chi connectivity index (χ1n) is 27.2. The number of hydrogen-bond acceptors (Lipinski definition) is 3. The largest absolute Gasteiger partial charge is 0.307 e. The van der Waals surface area contributed by atoms with Gasteiger partial charge in [0.15, 0.2) is 19.7 Å². The number of fused-ring (bicyclic) bond motifs is 6. The van der Waals surface area contributed by atoms with E-state index in [9.17, 15) is 8.22 Å². The van der Waals surface area contributed by atoms with Crippen LogP contribution in [0.1, 0.15) is 19.2 Å². The van der Waals surface area contributed by atoms with Crippen LogP contribution in [0, 0.1) is 0 Å². The van der Waals surface area contributed by atoms with Gasteiger partial charge in [-0.05, 0) is 45.0 Å². The quantitative estimate of drug-likeness (QED) is 0.113. The van der Waals surface area contributed by atoms with Crippen molar-refractivity contribution in [3.63, 3.8) is 0 Å². The first-order valence-corrected chi connectivity index (χ1v) is 22.2. The number of nitrogens with zero attached hydrogens (tertiary/aromatic N) is 5. The average molecular weight is 836 g/mol. The van der Waals surface area contributed by atoms with Gasteiger partial charge < -0.3 is 4.57 Å². The third kappa shape index (κ3) is 5.87. The van der Waals surface area contributed by atoms with E-state index in [1.807, 2.05) is 91.0 Å². The first-order chi connectivity index (χ1) is 37.1. The molecule has 0 aliphatic rings. The molecule has 0 radical (unpaired) electrons. The highest BCUT2D eigenvalue weighted by molar-refractivity contribution is 7.19. The van der Waals surface area contributed by atoms with Gasteiger partial charge in [0.05, 0.1) is 46.9 Å². The molecule has 63 heavy (non-hydrogen) atoms. The predicted molar refractivity (Wildman–Crippen MR) is 263 cm³/mol. The third-order valence-corrected chi connectivity index (χ3v) is 16.0. The van der Waals surface area contributed by atoms with Crippen molar-refractivity contribution in [2.24, 2.45) is 0 Å². The Kier molecular flexibility index (Phi) is 5.96. The summed E-state index contributed by atoms with van der Waals surface area (Å²) in [4.78, 5) is 14.7. The van der Waals surface area contributed by atoms with E-state index in [1.165, 1.54) is 0 Å². The normalized spacial score (nSPS) is 14.9. The van der Waals surface area contributed by atoms with Gasteiger partial charge in [-0.3, -0.25) is 4.57 Å². The molecule has 12 aromatic rings. The highest BCUT2D eigenvalue weighted by atomic mass is 28.3. The molecule has 296 valence electrons. The zero-order valence-electron chi connectivity index (χ0n) is 47.2. The highest BCUT2D eigenvalue weighted by Gasteiger charge is 2.41. The summed E-state index contributed by atoms with van der Waals surface area (Å²) in [5, 5.41) is 3.99. The van der Waals surface area contributed by atoms with E-state index in [0.29, 0.717) is 27.1 Å². The monoisotopic (exact) mass is 835 g/mol. The van der Waals surface area contributed by atoms with Gasteiger partial charge in [0, 0.05) is 32.7 Å². The average Bonchev–Trinajstić information content (AvgIpc) is 4.18. The maximum absolute atomic E-state index is 10.1. The van der Waals surface area contributed by atoms with Gasteiger partial charge in [-0.15, -0.1) is 0 Å². The van der Waals surface area contributed by atoms with E-state index in [4.69, 9.17) is 25.9 Å².